The van der Waals surface area contributed by atoms with Gasteiger partial charge in [-0.2, -0.15) is 9.97 Å². The van der Waals surface area contributed by atoms with E-state index in [0.717, 1.165) is 16.7 Å². The molecule has 5 N–H and O–H groups in total. The van der Waals surface area contributed by atoms with Gasteiger partial charge >= 0.3 is 0 Å². The van der Waals surface area contributed by atoms with Crippen molar-refractivity contribution in [3.8, 4) is 11.5 Å². The Bertz CT molecular complexity index is 1920. The zero-order chi connectivity index (χ0) is 38.0. The molecule has 5 aromatic rings. The molecule has 14 heteroatoms. The SMILES string of the molecule is COc1ccc(C(OC[C@H]2O[C@@H](n3cnc4c(N)nc(N)nc43)[C@H](OCCO[Si](C)(C)C(C)(C)C)[C@@H]2O)(c2ccccc2)c2ccc(OC)cc2)cc1. The average Bonchev–Trinajstić information content (AvgIpc) is 3.71. The minimum Gasteiger partial charge on any atom is -0.497 e. The number of aromatic nitrogens is 4. The first-order chi connectivity index (χ1) is 25.3. The maximum atomic E-state index is 12.0. The molecule has 1 aliphatic rings. The Morgan fingerprint density at radius 1 is 0.830 bits per heavy atom. The summed E-state index contributed by atoms with van der Waals surface area (Å²) in [4.78, 5) is 12.9. The van der Waals surface area contributed by atoms with E-state index < -0.39 is 38.5 Å². The lowest BCUT2D eigenvalue weighted by Crippen LogP contribution is -2.42. The average molecular weight is 743 g/mol. The number of rotatable bonds is 14. The van der Waals surface area contributed by atoms with Gasteiger partial charge in [-0.15, -0.1) is 0 Å². The van der Waals surface area contributed by atoms with Gasteiger partial charge in [0.15, 0.2) is 26.0 Å². The van der Waals surface area contributed by atoms with Crippen molar-refractivity contribution in [2.45, 2.75) is 69.0 Å². The summed E-state index contributed by atoms with van der Waals surface area (Å²) in [6, 6.07) is 25.4. The number of aliphatic hydroxyl groups excluding tert-OH is 1. The lowest BCUT2D eigenvalue weighted by Gasteiger charge is -2.37. The molecule has 0 saturated carbocycles. The summed E-state index contributed by atoms with van der Waals surface area (Å²) >= 11 is 0. The van der Waals surface area contributed by atoms with Gasteiger partial charge in [0, 0.05) is 0 Å². The fourth-order valence-electron chi connectivity index (χ4n) is 6.38. The molecule has 0 spiro atoms. The third-order valence-corrected chi connectivity index (χ3v) is 14.9. The van der Waals surface area contributed by atoms with Crippen molar-refractivity contribution in [1.29, 1.82) is 0 Å². The topological polar surface area (TPSA) is 171 Å². The van der Waals surface area contributed by atoms with E-state index in [1.165, 1.54) is 0 Å². The van der Waals surface area contributed by atoms with Crippen molar-refractivity contribution in [2.24, 2.45) is 0 Å². The maximum absolute atomic E-state index is 12.0. The summed E-state index contributed by atoms with van der Waals surface area (Å²) in [7, 11) is 1.22. The molecular weight excluding hydrogens is 693 g/mol. The predicted molar refractivity (Wildman–Crippen MR) is 205 cm³/mol. The van der Waals surface area contributed by atoms with Crippen LogP contribution < -0.4 is 20.9 Å². The zero-order valence-corrected chi connectivity index (χ0v) is 32.4. The maximum Gasteiger partial charge on any atom is 0.224 e. The van der Waals surface area contributed by atoms with Crippen molar-refractivity contribution >= 4 is 31.2 Å². The molecule has 13 nitrogen and oxygen atoms in total. The number of aliphatic hydroxyl groups is 1. The van der Waals surface area contributed by atoms with Crippen LogP contribution in [0.4, 0.5) is 11.8 Å². The van der Waals surface area contributed by atoms with Crippen LogP contribution in [-0.4, -0.2) is 85.3 Å². The van der Waals surface area contributed by atoms with Crippen LogP contribution in [0, 0.1) is 0 Å². The van der Waals surface area contributed by atoms with E-state index in [9.17, 15) is 5.11 Å². The van der Waals surface area contributed by atoms with Gasteiger partial charge in [-0.1, -0.05) is 75.4 Å². The molecule has 0 aliphatic carbocycles. The van der Waals surface area contributed by atoms with Crippen molar-refractivity contribution in [3.63, 3.8) is 0 Å². The fourth-order valence-corrected chi connectivity index (χ4v) is 7.41. The molecule has 2 aromatic heterocycles. The van der Waals surface area contributed by atoms with Crippen LogP contribution in [0.15, 0.2) is 85.2 Å². The molecular formula is C39H50N6O7Si. The summed E-state index contributed by atoms with van der Waals surface area (Å²) in [6.45, 7) is 11.5. The number of nitrogens with zero attached hydrogens (tertiary/aromatic N) is 4. The van der Waals surface area contributed by atoms with Crippen LogP contribution in [0.3, 0.4) is 0 Å². The number of benzene rings is 3. The first-order valence-electron chi connectivity index (χ1n) is 17.6. The molecule has 0 unspecified atom stereocenters. The highest BCUT2D eigenvalue weighted by Crippen LogP contribution is 2.43. The number of hydrogen-bond donors (Lipinski definition) is 3. The van der Waals surface area contributed by atoms with Gasteiger partial charge in [-0.05, 0) is 59.1 Å². The van der Waals surface area contributed by atoms with Crippen LogP contribution in [0.5, 0.6) is 11.5 Å². The molecule has 1 fully saturated rings. The Morgan fingerprint density at radius 3 is 1.98 bits per heavy atom. The van der Waals surface area contributed by atoms with E-state index in [4.69, 9.17) is 39.6 Å². The second kappa shape index (κ2) is 15.4. The molecule has 282 valence electrons. The van der Waals surface area contributed by atoms with Gasteiger partial charge in [0.1, 0.15) is 40.9 Å². The van der Waals surface area contributed by atoms with Gasteiger partial charge in [-0.3, -0.25) is 4.57 Å². The highest BCUT2D eigenvalue weighted by molar-refractivity contribution is 6.74. The first kappa shape index (κ1) is 38.2. The van der Waals surface area contributed by atoms with E-state index in [2.05, 4.69) is 48.8 Å². The second-order valence-electron chi connectivity index (χ2n) is 14.6. The number of hydrogen-bond acceptors (Lipinski definition) is 12. The first-order valence-corrected chi connectivity index (χ1v) is 20.5. The predicted octanol–water partition coefficient (Wildman–Crippen LogP) is 5.68. The molecule has 1 aliphatic heterocycles. The zero-order valence-electron chi connectivity index (χ0n) is 31.4. The monoisotopic (exact) mass is 742 g/mol. The van der Waals surface area contributed by atoms with Crippen molar-refractivity contribution in [3.05, 3.63) is 102 Å². The number of ether oxygens (including phenoxy) is 5. The quantitative estimate of drug-likeness (QED) is 0.0724. The molecule has 1 saturated heterocycles. The highest BCUT2D eigenvalue weighted by Gasteiger charge is 2.48. The number of nitrogen functional groups attached to an aromatic ring is 2. The second-order valence-corrected chi connectivity index (χ2v) is 19.4. The molecule has 0 radical (unpaired) electrons. The lowest BCUT2D eigenvalue weighted by atomic mass is 9.80. The molecule has 3 aromatic carbocycles. The van der Waals surface area contributed by atoms with Gasteiger partial charge in [0.05, 0.1) is 40.4 Å². The van der Waals surface area contributed by atoms with E-state index in [-0.39, 0.29) is 30.0 Å². The third-order valence-electron chi connectivity index (χ3n) is 10.4. The minimum atomic E-state index is -2.04. The van der Waals surface area contributed by atoms with Gasteiger partial charge < -0.3 is 44.7 Å². The van der Waals surface area contributed by atoms with E-state index >= 15 is 0 Å². The third kappa shape index (κ3) is 7.61. The number of anilines is 2. The molecule has 3 heterocycles. The van der Waals surface area contributed by atoms with Gasteiger partial charge in [0.2, 0.25) is 5.95 Å². The van der Waals surface area contributed by atoms with Crippen molar-refractivity contribution < 1.29 is 33.2 Å². The standard InChI is InChI=1S/C39H50N6O7Si/c1-38(2,3)53(6,7)51-22-21-49-33-32(46)30(52-36(33)45-24-42-31-34(40)43-37(41)44-35(31)45)23-50-39(25-11-9-8-10-12-25,26-13-17-28(47-4)18-14-26)27-15-19-29(48-5)20-16-27/h8-20,24,30,32-33,36,46H,21-23H2,1-7H3,(H4,40,41,43,44)/t30-,32-,33-,36-/m1/s1. The normalized spacial score (nSPS) is 19.5. The molecule has 6 rings (SSSR count). The summed E-state index contributed by atoms with van der Waals surface area (Å²) in [5, 5.41) is 12.1. The van der Waals surface area contributed by atoms with Crippen LogP contribution in [0.1, 0.15) is 43.7 Å². The summed E-state index contributed by atoms with van der Waals surface area (Å²) < 4.78 is 39.2. The van der Waals surface area contributed by atoms with Crippen LogP contribution in [0.25, 0.3) is 11.2 Å². The molecule has 53 heavy (non-hydrogen) atoms. The number of fused-ring (bicyclic) bond motifs is 1. The summed E-state index contributed by atoms with van der Waals surface area (Å²) in [5.74, 6) is 1.54. The Hall–Kier alpha value is -4.57. The minimum absolute atomic E-state index is 0.0120. The molecule has 4 atom stereocenters. The Balaban J connectivity index is 1.36. The van der Waals surface area contributed by atoms with E-state index in [1.807, 2.05) is 78.9 Å². The number of imidazole rings is 1. The Kier molecular flexibility index (Phi) is 11.1. The fraction of sp³-hybridized carbons (Fsp3) is 0.410. The number of nitrogens with two attached hydrogens (primary N) is 2. The molecule has 0 bridgehead atoms. The smallest absolute Gasteiger partial charge is 0.224 e. The van der Waals surface area contributed by atoms with E-state index in [1.54, 1.807) is 25.1 Å². The highest BCUT2D eigenvalue weighted by atomic mass is 28.4. The van der Waals surface area contributed by atoms with Gasteiger partial charge in [0.25, 0.3) is 0 Å². The van der Waals surface area contributed by atoms with E-state index in [0.29, 0.717) is 29.3 Å². The largest absolute Gasteiger partial charge is 0.497 e. The molecule has 0 amide bonds. The van der Waals surface area contributed by atoms with Crippen LogP contribution >= 0.6 is 0 Å². The van der Waals surface area contributed by atoms with Crippen molar-refractivity contribution in [2.75, 3.05) is 45.5 Å². The Labute approximate surface area is 311 Å². The summed E-state index contributed by atoms with van der Waals surface area (Å²) in [5.41, 5.74) is 14.3. The Morgan fingerprint density at radius 2 is 1.42 bits per heavy atom. The number of methoxy groups -OCH3 is 2. The van der Waals surface area contributed by atoms with Crippen LogP contribution in [0.2, 0.25) is 18.1 Å². The summed E-state index contributed by atoms with van der Waals surface area (Å²) in [6.07, 6.45) is -2.14. The van der Waals surface area contributed by atoms with Crippen LogP contribution in [-0.2, 0) is 24.2 Å². The van der Waals surface area contributed by atoms with Crippen molar-refractivity contribution in [1.82, 2.24) is 19.5 Å². The van der Waals surface area contributed by atoms with Gasteiger partial charge in [-0.25, -0.2) is 4.98 Å². The lowest BCUT2D eigenvalue weighted by molar-refractivity contribution is -0.0966.